The fourth-order valence-electron chi connectivity index (χ4n) is 3.18. The molecule has 0 aliphatic carbocycles. The van der Waals surface area contributed by atoms with Crippen molar-refractivity contribution in [2.45, 2.75) is 18.5 Å². The molecule has 0 radical (unpaired) electrons. The number of hydrogen-bond donors (Lipinski definition) is 0. The fourth-order valence-corrected chi connectivity index (χ4v) is 4.05. The van der Waals surface area contributed by atoms with Crippen LogP contribution in [0.25, 0.3) is 17.1 Å². The van der Waals surface area contributed by atoms with E-state index in [2.05, 4.69) is 46.4 Å². The van der Waals surface area contributed by atoms with E-state index in [9.17, 15) is 4.79 Å². The lowest BCUT2D eigenvalue weighted by molar-refractivity contribution is -0.115. The SMILES string of the molecule is CCc1ccc(-n2c(SCC(=O)N(C)c3ccccc3)nnc2-c2ccncc2)cc1. The number of hydrogen-bond acceptors (Lipinski definition) is 5. The number of nitrogens with zero attached hydrogens (tertiary/aromatic N) is 5. The molecule has 2 aromatic heterocycles. The van der Waals surface area contributed by atoms with E-state index >= 15 is 0 Å². The Morgan fingerprint density at radius 1 is 0.968 bits per heavy atom. The first-order valence-electron chi connectivity index (χ1n) is 10.1. The molecule has 0 fully saturated rings. The average molecular weight is 430 g/mol. The van der Waals surface area contributed by atoms with Crippen molar-refractivity contribution in [2.75, 3.05) is 17.7 Å². The average Bonchev–Trinajstić information content (AvgIpc) is 3.27. The molecule has 0 saturated heterocycles. The number of pyridine rings is 1. The zero-order valence-corrected chi connectivity index (χ0v) is 18.3. The Hall–Kier alpha value is -3.45. The molecule has 0 aliphatic heterocycles. The molecule has 0 saturated carbocycles. The van der Waals surface area contributed by atoms with Crippen LogP contribution >= 0.6 is 11.8 Å². The number of para-hydroxylation sites is 1. The van der Waals surface area contributed by atoms with Gasteiger partial charge in [-0.15, -0.1) is 10.2 Å². The summed E-state index contributed by atoms with van der Waals surface area (Å²) in [5, 5.41) is 9.50. The lowest BCUT2D eigenvalue weighted by atomic mass is 10.1. The summed E-state index contributed by atoms with van der Waals surface area (Å²) in [7, 11) is 1.79. The molecule has 2 aromatic carbocycles. The van der Waals surface area contributed by atoms with Gasteiger partial charge in [-0.05, 0) is 48.4 Å². The quantitative estimate of drug-likeness (QED) is 0.400. The van der Waals surface area contributed by atoms with Crippen molar-refractivity contribution in [1.82, 2.24) is 19.7 Å². The molecule has 0 N–H and O–H groups in total. The molecular weight excluding hydrogens is 406 g/mol. The highest BCUT2D eigenvalue weighted by molar-refractivity contribution is 7.99. The first-order valence-corrected chi connectivity index (χ1v) is 11.1. The Morgan fingerprint density at radius 3 is 2.35 bits per heavy atom. The van der Waals surface area contributed by atoms with Crippen molar-refractivity contribution < 1.29 is 4.79 Å². The third-order valence-corrected chi connectivity index (χ3v) is 5.93. The number of carbonyl (C=O) groups excluding carboxylic acids is 1. The molecule has 1 amide bonds. The van der Waals surface area contributed by atoms with Crippen LogP contribution in [-0.2, 0) is 11.2 Å². The maximum absolute atomic E-state index is 12.8. The number of aromatic nitrogens is 4. The second kappa shape index (κ2) is 9.57. The van der Waals surface area contributed by atoms with Gasteiger partial charge in [-0.2, -0.15) is 0 Å². The van der Waals surface area contributed by atoms with E-state index in [-0.39, 0.29) is 11.7 Å². The van der Waals surface area contributed by atoms with E-state index in [1.165, 1.54) is 17.3 Å². The van der Waals surface area contributed by atoms with Crippen molar-refractivity contribution in [3.05, 3.63) is 84.7 Å². The third kappa shape index (κ3) is 4.67. The molecule has 156 valence electrons. The summed E-state index contributed by atoms with van der Waals surface area (Å²) in [5.74, 6) is 0.975. The van der Waals surface area contributed by atoms with Crippen LogP contribution in [0.1, 0.15) is 12.5 Å². The summed E-state index contributed by atoms with van der Waals surface area (Å²) in [5.41, 5.74) is 4.00. The molecule has 31 heavy (non-hydrogen) atoms. The second-order valence-electron chi connectivity index (χ2n) is 6.97. The van der Waals surface area contributed by atoms with Crippen molar-refractivity contribution >= 4 is 23.4 Å². The minimum atomic E-state index is -0.00228. The van der Waals surface area contributed by atoms with Crippen molar-refractivity contribution in [3.63, 3.8) is 0 Å². The number of amides is 1. The zero-order chi connectivity index (χ0) is 21.6. The number of rotatable bonds is 7. The molecule has 0 aliphatic rings. The van der Waals surface area contributed by atoms with E-state index in [1.807, 2.05) is 47.0 Å². The van der Waals surface area contributed by atoms with Gasteiger partial charge in [-0.25, -0.2) is 0 Å². The molecule has 0 atom stereocenters. The topological polar surface area (TPSA) is 63.9 Å². The Balaban J connectivity index is 1.63. The first-order chi connectivity index (χ1) is 15.2. The van der Waals surface area contributed by atoms with Gasteiger partial charge >= 0.3 is 0 Å². The second-order valence-corrected chi connectivity index (χ2v) is 7.92. The van der Waals surface area contributed by atoms with Crippen LogP contribution < -0.4 is 4.90 Å². The smallest absolute Gasteiger partial charge is 0.237 e. The van der Waals surface area contributed by atoms with Gasteiger partial charge in [0, 0.05) is 36.4 Å². The highest BCUT2D eigenvalue weighted by atomic mass is 32.2. The van der Waals surface area contributed by atoms with Crippen LogP contribution in [0.2, 0.25) is 0 Å². The van der Waals surface area contributed by atoms with Gasteiger partial charge in [0.25, 0.3) is 0 Å². The van der Waals surface area contributed by atoms with Crippen molar-refractivity contribution in [2.24, 2.45) is 0 Å². The summed E-state index contributed by atoms with van der Waals surface area (Å²) in [6, 6.07) is 21.8. The maximum atomic E-state index is 12.8. The van der Waals surface area contributed by atoms with Gasteiger partial charge in [0.2, 0.25) is 5.91 Å². The van der Waals surface area contributed by atoms with Crippen LogP contribution in [0.3, 0.4) is 0 Å². The molecule has 0 unspecified atom stereocenters. The summed E-state index contributed by atoms with van der Waals surface area (Å²) in [4.78, 5) is 18.5. The fraction of sp³-hybridized carbons (Fsp3) is 0.167. The molecule has 0 bridgehead atoms. The van der Waals surface area contributed by atoms with Crippen LogP contribution in [0.4, 0.5) is 5.69 Å². The summed E-state index contributed by atoms with van der Waals surface area (Å²) >= 11 is 1.38. The Bertz CT molecular complexity index is 1140. The molecule has 2 heterocycles. The van der Waals surface area contributed by atoms with Gasteiger partial charge in [0.1, 0.15) is 0 Å². The van der Waals surface area contributed by atoms with Crippen LogP contribution in [0, 0.1) is 0 Å². The van der Waals surface area contributed by atoms with Gasteiger partial charge in [-0.1, -0.05) is 49.0 Å². The van der Waals surface area contributed by atoms with Crippen molar-refractivity contribution in [1.29, 1.82) is 0 Å². The van der Waals surface area contributed by atoms with Crippen molar-refractivity contribution in [3.8, 4) is 17.1 Å². The van der Waals surface area contributed by atoms with Crippen LogP contribution in [0.5, 0.6) is 0 Å². The van der Waals surface area contributed by atoms with Gasteiger partial charge in [-0.3, -0.25) is 14.3 Å². The highest BCUT2D eigenvalue weighted by Gasteiger charge is 2.19. The Morgan fingerprint density at radius 2 is 1.68 bits per heavy atom. The Labute approximate surface area is 186 Å². The zero-order valence-electron chi connectivity index (χ0n) is 17.5. The molecule has 7 heteroatoms. The van der Waals surface area contributed by atoms with E-state index in [0.717, 1.165) is 29.2 Å². The number of carbonyl (C=O) groups is 1. The molecule has 4 rings (SSSR count). The largest absolute Gasteiger partial charge is 0.315 e. The first kappa shape index (κ1) is 20.8. The number of thioether (sulfide) groups is 1. The minimum absolute atomic E-state index is 0.00228. The van der Waals surface area contributed by atoms with E-state index in [0.29, 0.717) is 5.16 Å². The lowest BCUT2D eigenvalue weighted by Gasteiger charge is -2.17. The summed E-state index contributed by atoms with van der Waals surface area (Å²) in [6.45, 7) is 2.13. The number of aryl methyl sites for hydroxylation is 1. The van der Waals surface area contributed by atoms with Gasteiger partial charge < -0.3 is 4.90 Å². The molecule has 6 nitrogen and oxygen atoms in total. The van der Waals surface area contributed by atoms with E-state index in [4.69, 9.17) is 0 Å². The summed E-state index contributed by atoms with van der Waals surface area (Å²) in [6.07, 6.45) is 4.45. The summed E-state index contributed by atoms with van der Waals surface area (Å²) < 4.78 is 2.00. The minimum Gasteiger partial charge on any atom is -0.315 e. The molecule has 4 aromatic rings. The normalized spacial score (nSPS) is 10.8. The van der Waals surface area contributed by atoms with E-state index in [1.54, 1.807) is 24.3 Å². The van der Waals surface area contributed by atoms with Crippen LogP contribution in [-0.4, -0.2) is 38.5 Å². The molecular formula is C24H23N5OS. The van der Waals surface area contributed by atoms with E-state index < -0.39 is 0 Å². The highest BCUT2D eigenvalue weighted by Crippen LogP contribution is 2.28. The monoisotopic (exact) mass is 429 g/mol. The van der Waals surface area contributed by atoms with Gasteiger partial charge in [0.15, 0.2) is 11.0 Å². The van der Waals surface area contributed by atoms with Crippen LogP contribution in [0.15, 0.2) is 84.3 Å². The standard InChI is InChI=1S/C24H23N5OS/c1-3-18-9-11-21(12-10-18)29-23(19-13-15-25-16-14-19)26-27-24(29)31-17-22(30)28(2)20-7-5-4-6-8-20/h4-16H,3,17H2,1-2H3. The number of anilines is 1. The Kier molecular flexibility index (Phi) is 6.43. The maximum Gasteiger partial charge on any atom is 0.237 e. The predicted octanol–water partition coefficient (Wildman–Crippen LogP) is 4.65. The lowest BCUT2D eigenvalue weighted by Crippen LogP contribution is -2.27. The van der Waals surface area contributed by atoms with Gasteiger partial charge in [0.05, 0.1) is 5.75 Å². The predicted molar refractivity (Wildman–Crippen MR) is 125 cm³/mol. The number of benzene rings is 2. The third-order valence-electron chi connectivity index (χ3n) is 5.02. The molecule has 0 spiro atoms.